The molecule has 0 spiro atoms. The van der Waals surface area contributed by atoms with Gasteiger partial charge in [0.2, 0.25) is 0 Å². The van der Waals surface area contributed by atoms with Gasteiger partial charge in [-0.1, -0.05) is 36.2 Å². The number of benzene rings is 1. The summed E-state index contributed by atoms with van der Waals surface area (Å²) >= 11 is 12.0. The lowest BCUT2D eigenvalue weighted by molar-refractivity contribution is 0.318. The van der Waals surface area contributed by atoms with Crippen molar-refractivity contribution in [2.24, 2.45) is 0 Å². The third kappa shape index (κ3) is 4.80. The number of nitrogens with one attached hydrogen (secondary N) is 1. The van der Waals surface area contributed by atoms with E-state index >= 15 is 0 Å². The van der Waals surface area contributed by atoms with Gasteiger partial charge in [0.25, 0.3) is 0 Å². The van der Waals surface area contributed by atoms with Crippen LogP contribution in [-0.2, 0) is 6.42 Å². The molecule has 0 unspecified atom stereocenters. The van der Waals surface area contributed by atoms with Crippen molar-refractivity contribution in [1.29, 1.82) is 0 Å². The molecule has 1 heterocycles. The average molecular weight is 325 g/mol. The minimum atomic E-state index is 0.650. The zero-order valence-corrected chi connectivity index (χ0v) is 13.4. The second-order valence-corrected chi connectivity index (χ2v) is 5.45. The van der Waals surface area contributed by atoms with Crippen LogP contribution < -0.4 is 10.1 Å². The van der Waals surface area contributed by atoms with Crippen LogP contribution >= 0.6 is 23.2 Å². The van der Waals surface area contributed by atoms with E-state index in [1.165, 1.54) is 0 Å². The normalized spacial score (nSPS) is 10.4. The minimum Gasteiger partial charge on any atom is -0.490 e. The fourth-order valence-electron chi connectivity index (χ4n) is 1.89. The lowest BCUT2D eigenvalue weighted by Gasteiger charge is -2.12. The smallest absolute Gasteiger partial charge is 0.168 e. The molecule has 0 saturated carbocycles. The number of aromatic nitrogens is 1. The number of hydrogen-bond donors (Lipinski definition) is 1. The van der Waals surface area contributed by atoms with Crippen LogP contribution in [0.1, 0.15) is 18.9 Å². The summed E-state index contributed by atoms with van der Waals surface area (Å²) in [6, 6.07) is 9.33. The molecule has 0 atom stereocenters. The summed E-state index contributed by atoms with van der Waals surface area (Å²) in [5.41, 5.74) is 1.06. The summed E-state index contributed by atoms with van der Waals surface area (Å²) in [6.45, 7) is 3.48. The third-order valence-electron chi connectivity index (χ3n) is 2.93. The van der Waals surface area contributed by atoms with Crippen LogP contribution in [0.5, 0.6) is 5.75 Å². The van der Waals surface area contributed by atoms with Gasteiger partial charge >= 0.3 is 0 Å². The molecular formula is C16H18Cl2N2O. The van der Waals surface area contributed by atoms with Gasteiger partial charge in [0.1, 0.15) is 0 Å². The molecule has 1 aromatic heterocycles. The van der Waals surface area contributed by atoms with E-state index in [2.05, 4.69) is 17.2 Å². The van der Waals surface area contributed by atoms with Gasteiger partial charge in [0.05, 0.1) is 6.61 Å². The standard InChI is InChI=1S/C16H18Cl2N2O/c1-2-10-21-15-4-3-8-19-16(15)20-9-7-12-5-6-13(17)11-14(12)18/h3-6,8,11H,2,7,9-10H2,1H3,(H,19,20). The molecule has 112 valence electrons. The molecule has 0 aliphatic heterocycles. The van der Waals surface area contributed by atoms with E-state index in [0.717, 1.165) is 36.5 Å². The molecule has 0 aliphatic rings. The first-order valence-electron chi connectivity index (χ1n) is 6.96. The first kappa shape index (κ1) is 15.9. The Bertz CT molecular complexity index is 590. The van der Waals surface area contributed by atoms with Gasteiger partial charge < -0.3 is 10.1 Å². The quantitative estimate of drug-likeness (QED) is 0.791. The van der Waals surface area contributed by atoms with E-state index in [1.807, 2.05) is 24.3 Å². The first-order chi connectivity index (χ1) is 10.2. The van der Waals surface area contributed by atoms with E-state index in [1.54, 1.807) is 12.3 Å². The average Bonchev–Trinajstić information content (AvgIpc) is 2.48. The van der Waals surface area contributed by atoms with Crippen molar-refractivity contribution in [2.45, 2.75) is 19.8 Å². The van der Waals surface area contributed by atoms with Gasteiger partial charge in [-0.25, -0.2) is 4.98 Å². The first-order valence-corrected chi connectivity index (χ1v) is 7.72. The number of hydrogen-bond acceptors (Lipinski definition) is 3. The van der Waals surface area contributed by atoms with Crippen molar-refractivity contribution in [3.05, 3.63) is 52.1 Å². The number of nitrogens with zero attached hydrogens (tertiary/aromatic N) is 1. The molecule has 0 aliphatic carbocycles. The van der Waals surface area contributed by atoms with Crippen molar-refractivity contribution < 1.29 is 4.74 Å². The van der Waals surface area contributed by atoms with Gasteiger partial charge in [-0.05, 0) is 42.7 Å². The maximum Gasteiger partial charge on any atom is 0.168 e. The Labute approximate surface area is 135 Å². The summed E-state index contributed by atoms with van der Waals surface area (Å²) in [6.07, 6.45) is 3.50. The highest BCUT2D eigenvalue weighted by Crippen LogP contribution is 2.23. The number of anilines is 1. The highest BCUT2D eigenvalue weighted by Gasteiger charge is 2.05. The summed E-state index contributed by atoms with van der Waals surface area (Å²) in [4.78, 5) is 4.31. The third-order valence-corrected chi connectivity index (χ3v) is 3.52. The summed E-state index contributed by atoms with van der Waals surface area (Å²) in [5, 5.41) is 4.62. The van der Waals surface area contributed by atoms with Crippen LogP contribution in [0.25, 0.3) is 0 Å². The molecule has 2 aromatic rings. The molecule has 21 heavy (non-hydrogen) atoms. The molecule has 0 saturated heterocycles. The number of pyridine rings is 1. The number of rotatable bonds is 7. The molecule has 1 aromatic carbocycles. The van der Waals surface area contributed by atoms with Gasteiger partial charge in [0.15, 0.2) is 11.6 Å². The number of ether oxygens (including phenoxy) is 1. The predicted octanol–water partition coefficient (Wildman–Crippen LogP) is 4.83. The van der Waals surface area contributed by atoms with Crippen molar-refractivity contribution in [1.82, 2.24) is 4.98 Å². The van der Waals surface area contributed by atoms with Crippen molar-refractivity contribution in [2.75, 3.05) is 18.5 Å². The SMILES string of the molecule is CCCOc1cccnc1NCCc1ccc(Cl)cc1Cl. The van der Waals surface area contributed by atoms with E-state index in [9.17, 15) is 0 Å². The Morgan fingerprint density at radius 3 is 2.86 bits per heavy atom. The van der Waals surface area contributed by atoms with Gasteiger partial charge in [0, 0.05) is 22.8 Å². The molecule has 5 heteroatoms. The Morgan fingerprint density at radius 1 is 1.24 bits per heavy atom. The van der Waals surface area contributed by atoms with E-state index in [4.69, 9.17) is 27.9 Å². The molecule has 0 radical (unpaired) electrons. The van der Waals surface area contributed by atoms with E-state index in [-0.39, 0.29) is 0 Å². The molecular weight excluding hydrogens is 307 g/mol. The topological polar surface area (TPSA) is 34.1 Å². The Kier molecular flexibility index (Phi) is 6.15. The Balaban J connectivity index is 1.94. The van der Waals surface area contributed by atoms with Crippen LogP contribution in [0.2, 0.25) is 10.0 Å². The summed E-state index contributed by atoms with van der Waals surface area (Å²) in [5.74, 6) is 1.54. The predicted molar refractivity (Wildman–Crippen MR) is 88.7 cm³/mol. The molecule has 2 rings (SSSR count). The minimum absolute atomic E-state index is 0.650. The maximum atomic E-state index is 6.16. The summed E-state index contributed by atoms with van der Waals surface area (Å²) in [7, 11) is 0. The van der Waals surface area contributed by atoms with Crippen molar-refractivity contribution >= 4 is 29.0 Å². The lowest BCUT2D eigenvalue weighted by atomic mass is 10.1. The number of halogens is 2. The van der Waals surface area contributed by atoms with Crippen molar-refractivity contribution in [3.8, 4) is 5.75 Å². The van der Waals surface area contributed by atoms with E-state index < -0.39 is 0 Å². The molecule has 0 fully saturated rings. The van der Waals surface area contributed by atoms with Crippen LogP contribution in [-0.4, -0.2) is 18.1 Å². The largest absolute Gasteiger partial charge is 0.490 e. The van der Waals surface area contributed by atoms with E-state index in [0.29, 0.717) is 16.7 Å². The molecule has 1 N–H and O–H groups in total. The molecule has 3 nitrogen and oxygen atoms in total. The fourth-order valence-corrected chi connectivity index (χ4v) is 2.39. The van der Waals surface area contributed by atoms with Crippen LogP contribution in [0.4, 0.5) is 5.82 Å². The van der Waals surface area contributed by atoms with Gasteiger partial charge in [-0.2, -0.15) is 0 Å². The Morgan fingerprint density at radius 2 is 2.10 bits per heavy atom. The Hall–Kier alpha value is -1.45. The monoisotopic (exact) mass is 324 g/mol. The van der Waals surface area contributed by atoms with Crippen molar-refractivity contribution in [3.63, 3.8) is 0 Å². The fraction of sp³-hybridized carbons (Fsp3) is 0.312. The molecule has 0 bridgehead atoms. The highest BCUT2D eigenvalue weighted by atomic mass is 35.5. The lowest BCUT2D eigenvalue weighted by Crippen LogP contribution is -2.08. The zero-order valence-electron chi connectivity index (χ0n) is 11.9. The van der Waals surface area contributed by atoms with Crippen LogP contribution in [0, 0.1) is 0 Å². The van der Waals surface area contributed by atoms with Crippen LogP contribution in [0.15, 0.2) is 36.5 Å². The second kappa shape index (κ2) is 8.11. The van der Waals surface area contributed by atoms with Crippen LogP contribution in [0.3, 0.4) is 0 Å². The highest BCUT2D eigenvalue weighted by molar-refractivity contribution is 6.35. The maximum absolute atomic E-state index is 6.16. The summed E-state index contributed by atoms with van der Waals surface area (Å²) < 4.78 is 5.66. The van der Waals surface area contributed by atoms with Gasteiger partial charge in [-0.15, -0.1) is 0 Å². The second-order valence-electron chi connectivity index (χ2n) is 4.61. The van der Waals surface area contributed by atoms with Gasteiger partial charge in [-0.3, -0.25) is 0 Å². The molecule has 0 amide bonds. The zero-order chi connectivity index (χ0) is 15.1.